The van der Waals surface area contributed by atoms with Crippen molar-refractivity contribution in [1.82, 2.24) is 25.1 Å². The molecule has 1 aliphatic heterocycles. The SMILES string of the molecule is [CH]1CN(Oc2ccc3sc(-c4ccccc4)nc3c2)CCN1Cc1nc(-c2cccs2)no1. The monoisotopic (exact) mass is 474 g/mol. The van der Waals surface area contributed by atoms with Crippen molar-refractivity contribution in [3.63, 3.8) is 0 Å². The minimum atomic E-state index is 0.596. The average molecular weight is 475 g/mol. The third-order valence-corrected chi connectivity index (χ3v) is 7.29. The Morgan fingerprint density at radius 1 is 1.00 bits per heavy atom. The third kappa shape index (κ3) is 4.53. The van der Waals surface area contributed by atoms with E-state index >= 15 is 0 Å². The van der Waals surface area contributed by atoms with Gasteiger partial charge in [0.1, 0.15) is 10.8 Å². The molecule has 1 fully saturated rings. The van der Waals surface area contributed by atoms with Gasteiger partial charge in [-0.25, -0.2) is 4.98 Å². The lowest BCUT2D eigenvalue weighted by Gasteiger charge is -2.32. The summed E-state index contributed by atoms with van der Waals surface area (Å²) in [7, 11) is 0. The fourth-order valence-electron chi connectivity index (χ4n) is 3.67. The van der Waals surface area contributed by atoms with Crippen LogP contribution in [0.4, 0.5) is 0 Å². The Kier molecular flexibility index (Phi) is 5.61. The lowest BCUT2D eigenvalue weighted by atomic mass is 10.2. The molecule has 0 bridgehead atoms. The molecule has 0 atom stereocenters. The van der Waals surface area contributed by atoms with Crippen molar-refractivity contribution in [2.45, 2.75) is 6.54 Å². The van der Waals surface area contributed by atoms with E-state index in [-0.39, 0.29) is 0 Å². The molecule has 5 aromatic rings. The van der Waals surface area contributed by atoms with Gasteiger partial charge in [0.05, 0.1) is 28.2 Å². The Labute approximate surface area is 198 Å². The van der Waals surface area contributed by atoms with Crippen LogP contribution >= 0.6 is 22.7 Å². The zero-order valence-corrected chi connectivity index (χ0v) is 19.3. The van der Waals surface area contributed by atoms with Crippen LogP contribution in [0.5, 0.6) is 5.75 Å². The van der Waals surface area contributed by atoms with Crippen molar-refractivity contribution in [2.24, 2.45) is 0 Å². The fraction of sp³-hybridized carbons (Fsp3) is 0.167. The maximum absolute atomic E-state index is 6.12. The maximum atomic E-state index is 6.12. The van der Waals surface area contributed by atoms with Crippen molar-refractivity contribution in [3.05, 3.63) is 78.5 Å². The van der Waals surface area contributed by atoms with E-state index in [1.165, 1.54) is 0 Å². The number of thiophene rings is 1. The highest BCUT2D eigenvalue weighted by molar-refractivity contribution is 7.21. The van der Waals surface area contributed by atoms with Crippen LogP contribution in [-0.4, -0.2) is 44.7 Å². The first-order valence-electron chi connectivity index (χ1n) is 10.6. The van der Waals surface area contributed by atoms with E-state index in [1.807, 2.05) is 52.9 Å². The molecule has 2 aromatic carbocycles. The predicted molar refractivity (Wildman–Crippen MR) is 130 cm³/mol. The van der Waals surface area contributed by atoms with Crippen LogP contribution in [0.1, 0.15) is 5.89 Å². The van der Waals surface area contributed by atoms with Gasteiger partial charge < -0.3 is 9.36 Å². The van der Waals surface area contributed by atoms with Gasteiger partial charge in [0.2, 0.25) is 11.7 Å². The van der Waals surface area contributed by atoms with E-state index < -0.39 is 0 Å². The second-order valence-electron chi connectivity index (χ2n) is 7.64. The molecule has 0 saturated carbocycles. The molecule has 33 heavy (non-hydrogen) atoms. The molecular weight excluding hydrogens is 454 g/mol. The largest absolute Gasteiger partial charge is 0.406 e. The molecule has 1 aliphatic rings. The first-order valence-corrected chi connectivity index (χ1v) is 12.3. The number of aromatic nitrogens is 3. The number of thiazole rings is 1. The first kappa shape index (κ1) is 20.5. The van der Waals surface area contributed by atoms with Gasteiger partial charge in [-0.05, 0) is 23.6 Å². The van der Waals surface area contributed by atoms with Gasteiger partial charge in [-0.3, -0.25) is 4.90 Å². The minimum Gasteiger partial charge on any atom is -0.406 e. The lowest BCUT2D eigenvalue weighted by molar-refractivity contribution is -0.0778. The average Bonchev–Trinajstić information content (AvgIpc) is 3.61. The normalized spacial score (nSPS) is 15.3. The van der Waals surface area contributed by atoms with Gasteiger partial charge in [0.15, 0.2) is 0 Å². The Morgan fingerprint density at radius 2 is 1.94 bits per heavy atom. The van der Waals surface area contributed by atoms with Gasteiger partial charge in [-0.1, -0.05) is 41.6 Å². The molecule has 6 rings (SSSR count). The number of hydrogen-bond acceptors (Lipinski definition) is 9. The summed E-state index contributed by atoms with van der Waals surface area (Å²) < 4.78 is 6.57. The summed E-state index contributed by atoms with van der Waals surface area (Å²) in [6, 6.07) is 20.3. The second-order valence-corrected chi connectivity index (χ2v) is 9.61. The number of piperazine rings is 1. The Hall–Kier alpha value is -3.11. The van der Waals surface area contributed by atoms with Crippen LogP contribution < -0.4 is 4.84 Å². The highest BCUT2D eigenvalue weighted by Crippen LogP contribution is 2.32. The highest BCUT2D eigenvalue weighted by Gasteiger charge is 2.21. The molecule has 165 valence electrons. The van der Waals surface area contributed by atoms with E-state index in [0.717, 1.165) is 44.5 Å². The third-order valence-electron chi connectivity index (χ3n) is 5.34. The molecule has 0 unspecified atom stereocenters. The van der Waals surface area contributed by atoms with E-state index in [4.69, 9.17) is 14.3 Å². The summed E-state index contributed by atoms with van der Waals surface area (Å²) in [4.78, 5) is 18.6. The second kappa shape index (κ2) is 9.03. The van der Waals surface area contributed by atoms with Crippen LogP contribution in [0.15, 0.2) is 70.6 Å². The standard InChI is InChI=1S/C24H20N5O2S2/c1-2-5-17(6-3-1)24-25-19-15-18(8-9-20(19)33-24)31-29-12-10-28(11-13-29)16-22-26-23(27-30-22)21-7-4-14-32-21/h1-10,14-15H,11-13,16H2. The predicted octanol–water partition coefficient (Wildman–Crippen LogP) is 5.35. The molecule has 0 aliphatic carbocycles. The van der Waals surface area contributed by atoms with Crippen molar-refractivity contribution in [3.8, 4) is 27.0 Å². The summed E-state index contributed by atoms with van der Waals surface area (Å²) in [5, 5.41) is 9.06. The zero-order valence-electron chi connectivity index (χ0n) is 17.6. The molecule has 7 nitrogen and oxygen atoms in total. The molecular formula is C24H20N5O2S2. The van der Waals surface area contributed by atoms with Gasteiger partial charge in [-0.2, -0.15) is 4.98 Å². The molecule has 1 radical (unpaired) electrons. The van der Waals surface area contributed by atoms with Crippen LogP contribution in [0.25, 0.3) is 31.5 Å². The van der Waals surface area contributed by atoms with Gasteiger partial charge in [0, 0.05) is 31.3 Å². The molecule has 0 amide bonds. The van der Waals surface area contributed by atoms with Crippen LogP contribution in [0, 0.1) is 6.54 Å². The van der Waals surface area contributed by atoms with Crippen molar-refractivity contribution < 1.29 is 9.36 Å². The van der Waals surface area contributed by atoms with Crippen molar-refractivity contribution in [2.75, 3.05) is 19.6 Å². The summed E-state index contributed by atoms with van der Waals surface area (Å²) >= 11 is 3.30. The molecule has 4 heterocycles. The number of hydrogen-bond donors (Lipinski definition) is 0. The molecule has 9 heteroatoms. The fourth-order valence-corrected chi connectivity index (χ4v) is 5.27. The maximum Gasteiger partial charge on any atom is 0.241 e. The molecule has 3 aromatic heterocycles. The zero-order chi connectivity index (χ0) is 22.0. The van der Waals surface area contributed by atoms with Crippen LogP contribution in [0.3, 0.4) is 0 Å². The number of nitrogens with zero attached hydrogens (tertiary/aromatic N) is 5. The smallest absolute Gasteiger partial charge is 0.241 e. The van der Waals surface area contributed by atoms with Gasteiger partial charge in [0.25, 0.3) is 0 Å². The summed E-state index contributed by atoms with van der Waals surface area (Å²) in [5.74, 6) is 2.06. The highest BCUT2D eigenvalue weighted by atomic mass is 32.1. The Balaban J connectivity index is 1.06. The van der Waals surface area contributed by atoms with Crippen molar-refractivity contribution >= 4 is 32.9 Å². The van der Waals surface area contributed by atoms with Crippen LogP contribution in [0.2, 0.25) is 0 Å². The molecule has 0 spiro atoms. The minimum absolute atomic E-state index is 0.596. The van der Waals surface area contributed by atoms with Crippen molar-refractivity contribution in [1.29, 1.82) is 0 Å². The quantitative estimate of drug-likeness (QED) is 0.329. The first-order chi connectivity index (χ1) is 16.3. The summed E-state index contributed by atoms with van der Waals surface area (Å²) in [5.41, 5.74) is 2.09. The van der Waals surface area contributed by atoms with E-state index in [9.17, 15) is 0 Å². The van der Waals surface area contributed by atoms with E-state index in [1.54, 1.807) is 22.7 Å². The number of fused-ring (bicyclic) bond motifs is 1. The lowest BCUT2D eigenvalue weighted by Crippen LogP contribution is -2.44. The van der Waals surface area contributed by atoms with Gasteiger partial charge in [-0.15, -0.1) is 27.7 Å². The summed E-state index contributed by atoms with van der Waals surface area (Å²) in [6.07, 6.45) is 0. The molecule has 0 N–H and O–H groups in total. The van der Waals surface area contributed by atoms with Gasteiger partial charge >= 0.3 is 0 Å². The van der Waals surface area contributed by atoms with Crippen LogP contribution in [-0.2, 0) is 6.54 Å². The van der Waals surface area contributed by atoms with E-state index in [0.29, 0.717) is 24.8 Å². The number of benzene rings is 2. The molecule has 1 saturated heterocycles. The Bertz CT molecular complexity index is 1340. The topological polar surface area (TPSA) is 67.5 Å². The number of rotatable bonds is 6. The summed E-state index contributed by atoms with van der Waals surface area (Å²) in [6.45, 7) is 4.96. The Morgan fingerprint density at radius 3 is 2.76 bits per heavy atom. The van der Waals surface area contributed by atoms with E-state index in [2.05, 4.69) is 39.8 Å². The number of hydroxylamine groups is 2.